The Hall–Kier alpha value is -1.91. The molecule has 3 rings (SSSR count). The highest BCUT2D eigenvalue weighted by atomic mass is 32.1. The Bertz CT molecular complexity index is 870. The first-order chi connectivity index (χ1) is 10.1. The van der Waals surface area contributed by atoms with Crippen molar-refractivity contribution in [3.05, 3.63) is 52.2 Å². The van der Waals surface area contributed by atoms with Crippen LogP contribution in [0.25, 0.3) is 20.2 Å². The molecule has 0 aliphatic carbocycles. The highest BCUT2D eigenvalue weighted by molar-refractivity contribution is 7.24. The van der Waals surface area contributed by atoms with Crippen molar-refractivity contribution in [2.24, 2.45) is 0 Å². The molecular formula is C17H17NO2S. The molecule has 2 aromatic carbocycles. The molecule has 1 aromatic heterocycles. The van der Waals surface area contributed by atoms with E-state index in [0.717, 1.165) is 31.4 Å². The van der Waals surface area contributed by atoms with Crippen LogP contribution in [-0.4, -0.2) is 25.3 Å². The fraction of sp³-hybridized carbons (Fsp3) is 0.235. The molecule has 0 bridgehead atoms. The van der Waals surface area contributed by atoms with Crippen LogP contribution in [0.3, 0.4) is 0 Å². The standard InChI is InChI=1S/C17H17NO2S/c1-11-7-8-13(18(2)9-10-19)15-16(20)12-5-3-4-6-14(12)21-17(11)15/h3-8,19H,9-10H2,1-2H3. The van der Waals surface area contributed by atoms with Gasteiger partial charge in [-0.05, 0) is 30.7 Å². The summed E-state index contributed by atoms with van der Waals surface area (Å²) in [5, 5.41) is 10.7. The van der Waals surface area contributed by atoms with Gasteiger partial charge in [-0.15, -0.1) is 11.3 Å². The van der Waals surface area contributed by atoms with Gasteiger partial charge in [0.1, 0.15) is 0 Å². The number of hydrogen-bond donors (Lipinski definition) is 1. The zero-order valence-electron chi connectivity index (χ0n) is 12.1. The molecule has 0 fully saturated rings. The van der Waals surface area contributed by atoms with Crippen LogP contribution in [0.5, 0.6) is 0 Å². The number of likely N-dealkylation sites (N-methyl/N-ethyl adjacent to an activating group) is 1. The largest absolute Gasteiger partial charge is 0.395 e. The second-order valence-electron chi connectivity index (χ2n) is 5.18. The van der Waals surface area contributed by atoms with E-state index in [1.165, 1.54) is 0 Å². The van der Waals surface area contributed by atoms with E-state index in [0.29, 0.717) is 6.54 Å². The first kappa shape index (κ1) is 14.0. The van der Waals surface area contributed by atoms with Crippen molar-refractivity contribution in [1.29, 1.82) is 0 Å². The highest BCUT2D eigenvalue weighted by Crippen LogP contribution is 2.32. The number of nitrogens with zero attached hydrogens (tertiary/aromatic N) is 1. The van der Waals surface area contributed by atoms with Gasteiger partial charge in [0, 0.05) is 34.1 Å². The number of fused-ring (bicyclic) bond motifs is 2. The number of aliphatic hydroxyl groups excluding tert-OH is 1. The van der Waals surface area contributed by atoms with Gasteiger partial charge >= 0.3 is 0 Å². The molecule has 108 valence electrons. The number of aryl methyl sites for hydroxylation is 1. The lowest BCUT2D eigenvalue weighted by Crippen LogP contribution is -2.22. The number of hydrogen-bond acceptors (Lipinski definition) is 4. The van der Waals surface area contributed by atoms with Crippen LogP contribution >= 0.6 is 11.3 Å². The third kappa shape index (κ3) is 2.30. The Morgan fingerprint density at radius 3 is 2.71 bits per heavy atom. The van der Waals surface area contributed by atoms with Crippen molar-refractivity contribution in [1.82, 2.24) is 0 Å². The summed E-state index contributed by atoms with van der Waals surface area (Å²) < 4.78 is 2.04. The first-order valence-corrected chi connectivity index (χ1v) is 7.72. The Morgan fingerprint density at radius 1 is 1.19 bits per heavy atom. The predicted octanol–water partition coefficient (Wildman–Crippen LogP) is 3.15. The van der Waals surface area contributed by atoms with E-state index in [9.17, 15) is 4.79 Å². The zero-order chi connectivity index (χ0) is 15.0. The molecule has 0 aliphatic rings. The van der Waals surface area contributed by atoms with Gasteiger partial charge in [-0.25, -0.2) is 0 Å². The molecule has 0 atom stereocenters. The zero-order valence-corrected chi connectivity index (χ0v) is 12.9. The van der Waals surface area contributed by atoms with E-state index in [2.05, 4.69) is 0 Å². The fourth-order valence-electron chi connectivity index (χ4n) is 2.60. The van der Waals surface area contributed by atoms with Gasteiger partial charge in [-0.2, -0.15) is 0 Å². The van der Waals surface area contributed by atoms with E-state index >= 15 is 0 Å². The average molecular weight is 299 g/mol. The third-order valence-electron chi connectivity index (χ3n) is 3.75. The van der Waals surface area contributed by atoms with Crippen LogP contribution in [0.15, 0.2) is 41.2 Å². The molecule has 0 saturated carbocycles. The molecule has 0 amide bonds. The molecule has 3 nitrogen and oxygen atoms in total. The van der Waals surface area contributed by atoms with Crippen LogP contribution < -0.4 is 10.3 Å². The summed E-state index contributed by atoms with van der Waals surface area (Å²) >= 11 is 1.65. The molecule has 0 unspecified atom stereocenters. The van der Waals surface area contributed by atoms with Crippen LogP contribution in [0.1, 0.15) is 5.56 Å². The number of aliphatic hydroxyl groups is 1. The monoisotopic (exact) mass is 299 g/mol. The Labute approximate surface area is 127 Å². The quantitative estimate of drug-likeness (QED) is 0.755. The third-order valence-corrected chi connectivity index (χ3v) is 5.06. The Morgan fingerprint density at radius 2 is 1.95 bits per heavy atom. The average Bonchev–Trinajstić information content (AvgIpc) is 2.49. The van der Waals surface area contributed by atoms with Crippen molar-refractivity contribution in [2.75, 3.05) is 25.1 Å². The predicted molar refractivity (Wildman–Crippen MR) is 90.7 cm³/mol. The van der Waals surface area contributed by atoms with Crippen molar-refractivity contribution in [2.45, 2.75) is 6.92 Å². The minimum atomic E-state index is 0.0665. The van der Waals surface area contributed by atoms with Gasteiger partial charge in [-0.1, -0.05) is 18.2 Å². The summed E-state index contributed by atoms with van der Waals surface area (Å²) in [4.78, 5) is 14.8. The molecule has 0 radical (unpaired) electrons. The van der Waals surface area contributed by atoms with Gasteiger partial charge in [0.2, 0.25) is 0 Å². The molecule has 1 heterocycles. The highest BCUT2D eigenvalue weighted by Gasteiger charge is 2.14. The number of benzene rings is 2. The van der Waals surface area contributed by atoms with Crippen LogP contribution in [0, 0.1) is 6.92 Å². The van der Waals surface area contributed by atoms with Gasteiger partial charge in [0.25, 0.3) is 0 Å². The molecule has 3 aromatic rings. The van der Waals surface area contributed by atoms with Crippen molar-refractivity contribution >= 4 is 37.2 Å². The van der Waals surface area contributed by atoms with E-state index in [1.807, 2.05) is 55.3 Å². The molecule has 4 heteroatoms. The summed E-state index contributed by atoms with van der Waals surface area (Å²) in [6.45, 7) is 2.61. The molecule has 1 N–H and O–H groups in total. The van der Waals surface area contributed by atoms with E-state index in [-0.39, 0.29) is 12.0 Å². The van der Waals surface area contributed by atoms with E-state index in [4.69, 9.17) is 5.11 Å². The van der Waals surface area contributed by atoms with Gasteiger partial charge in [-0.3, -0.25) is 4.79 Å². The van der Waals surface area contributed by atoms with Crippen molar-refractivity contribution < 1.29 is 5.11 Å². The SMILES string of the molecule is Cc1ccc(N(C)CCO)c2c(=O)c3ccccc3sc12. The smallest absolute Gasteiger partial charge is 0.197 e. The lowest BCUT2D eigenvalue weighted by molar-refractivity contribution is 0.304. The molecular weight excluding hydrogens is 282 g/mol. The maximum atomic E-state index is 12.9. The van der Waals surface area contributed by atoms with Crippen molar-refractivity contribution in [3.8, 4) is 0 Å². The lowest BCUT2D eigenvalue weighted by Gasteiger charge is -2.20. The summed E-state index contributed by atoms with van der Waals surface area (Å²) in [5.74, 6) is 0. The minimum absolute atomic E-state index is 0.0665. The molecule has 21 heavy (non-hydrogen) atoms. The second-order valence-corrected chi connectivity index (χ2v) is 6.23. The lowest BCUT2D eigenvalue weighted by atomic mass is 10.1. The minimum Gasteiger partial charge on any atom is -0.395 e. The molecule has 0 aliphatic heterocycles. The van der Waals surface area contributed by atoms with Crippen LogP contribution in [0.4, 0.5) is 5.69 Å². The Kier molecular flexibility index (Phi) is 3.66. The van der Waals surface area contributed by atoms with Crippen molar-refractivity contribution in [3.63, 3.8) is 0 Å². The summed E-state index contributed by atoms with van der Waals surface area (Å²) in [6.07, 6.45) is 0. The molecule has 0 saturated heterocycles. The maximum absolute atomic E-state index is 12.9. The van der Waals surface area contributed by atoms with Gasteiger partial charge in [0.05, 0.1) is 12.0 Å². The Balaban J connectivity index is 2.44. The molecule has 0 spiro atoms. The number of rotatable bonds is 3. The summed E-state index contributed by atoms with van der Waals surface area (Å²) in [6, 6.07) is 11.7. The van der Waals surface area contributed by atoms with Gasteiger partial charge in [0.15, 0.2) is 5.43 Å². The summed E-state index contributed by atoms with van der Waals surface area (Å²) in [5.41, 5.74) is 2.07. The topological polar surface area (TPSA) is 40.5 Å². The summed E-state index contributed by atoms with van der Waals surface area (Å²) in [7, 11) is 1.90. The first-order valence-electron chi connectivity index (χ1n) is 6.90. The van der Waals surface area contributed by atoms with Gasteiger partial charge < -0.3 is 10.0 Å². The van der Waals surface area contributed by atoms with E-state index < -0.39 is 0 Å². The second kappa shape index (κ2) is 5.47. The normalized spacial score (nSPS) is 11.2. The maximum Gasteiger partial charge on any atom is 0.197 e. The fourth-order valence-corrected chi connectivity index (χ4v) is 3.77. The number of anilines is 1. The van der Waals surface area contributed by atoms with E-state index in [1.54, 1.807) is 11.3 Å². The van der Waals surface area contributed by atoms with Crippen LogP contribution in [0.2, 0.25) is 0 Å². The van der Waals surface area contributed by atoms with Crippen LogP contribution in [-0.2, 0) is 0 Å².